The van der Waals surface area contributed by atoms with Crippen molar-refractivity contribution in [3.8, 4) is 12.1 Å². The van der Waals surface area contributed by atoms with Gasteiger partial charge in [0.15, 0.2) is 5.69 Å². The third-order valence-electron chi connectivity index (χ3n) is 9.93. The monoisotopic (exact) mass is 611 g/mol. The lowest BCUT2D eigenvalue weighted by molar-refractivity contribution is -0.0856. The number of nitrogens with zero attached hydrogens (tertiary/aromatic N) is 8. The second kappa shape index (κ2) is 11.6. The summed E-state index contributed by atoms with van der Waals surface area (Å²) in [6.45, 7) is 3.93. The molecule has 5 heterocycles. The first-order valence-electron chi connectivity index (χ1n) is 16.0. The molecule has 3 aliphatic heterocycles. The van der Waals surface area contributed by atoms with E-state index in [9.17, 15) is 10.1 Å². The van der Waals surface area contributed by atoms with Gasteiger partial charge in [0.1, 0.15) is 24.1 Å². The highest BCUT2D eigenvalue weighted by atomic mass is 16.5. The van der Waals surface area contributed by atoms with Crippen LogP contribution >= 0.6 is 0 Å². The van der Waals surface area contributed by atoms with Gasteiger partial charge in [-0.2, -0.15) is 20.3 Å². The molecule has 4 aliphatic rings. The number of aromatic nitrogens is 4. The van der Waals surface area contributed by atoms with Gasteiger partial charge in [-0.25, -0.2) is 0 Å². The predicted octanol–water partition coefficient (Wildman–Crippen LogP) is 3.02. The second-order valence-electron chi connectivity index (χ2n) is 13.1. The highest BCUT2D eigenvalue weighted by Crippen LogP contribution is 2.48. The van der Waals surface area contributed by atoms with E-state index in [1.807, 2.05) is 22.9 Å². The van der Waals surface area contributed by atoms with Crippen molar-refractivity contribution in [3.05, 3.63) is 57.5 Å². The van der Waals surface area contributed by atoms with Gasteiger partial charge < -0.3 is 29.9 Å². The van der Waals surface area contributed by atoms with Crippen LogP contribution in [0.2, 0.25) is 0 Å². The topological polar surface area (TPSA) is 139 Å². The average Bonchev–Trinajstić information content (AvgIpc) is 3.58. The molecule has 1 spiro atoms. The predicted molar refractivity (Wildman–Crippen MR) is 168 cm³/mol. The first-order valence-corrected chi connectivity index (χ1v) is 16.0. The van der Waals surface area contributed by atoms with E-state index in [1.165, 1.54) is 0 Å². The van der Waals surface area contributed by atoms with Crippen LogP contribution < -0.4 is 15.4 Å². The zero-order valence-corrected chi connectivity index (χ0v) is 26.4. The number of ether oxygens (including phenoxy) is 2. The van der Waals surface area contributed by atoms with E-state index in [-0.39, 0.29) is 5.91 Å². The molecule has 45 heavy (non-hydrogen) atoms. The fraction of sp³-hybridized carbons (Fsp3) is 0.545. The number of rotatable bonds is 5. The third kappa shape index (κ3) is 5.27. The van der Waals surface area contributed by atoms with Crippen molar-refractivity contribution in [2.45, 2.75) is 76.3 Å². The van der Waals surface area contributed by atoms with Gasteiger partial charge in [-0.1, -0.05) is 6.07 Å². The molecule has 1 fully saturated rings. The summed E-state index contributed by atoms with van der Waals surface area (Å²) in [7, 11) is 5.61. The Kier molecular flexibility index (Phi) is 7.61. The lowest BCUT2D eigenvalue weighted by Gasteiger charge is -2.43. The highest BCUT2D eigenvalue weighted by molar-refractivity contribution is 5.92. The van der Waals surface area contributed by atoms with Gasteiger partial charge >= 0.3 is 6.01 Å². The standard InChI is InChI=1S/C33H41N9O3/c1-39(2)31(43)27-15-23-18-41(13-6-14-42(23)38-27)30-25-20-45-33(11-4-7-21-9-10-26(35)24(17-34)29(21)33)16-28(25)36-32(37-30)44-19-22-8-5-12-40(22)3/h9-10,15,22H,4-8,11-14,16,18-20,35H2,1-3H3. The highest BCUT2D eigenvalue weighted by Gasteiger charge is 2.45. The Bertz CT molecular complexity index is 1680. The Morgan fingerprint density at radius 1 is 1.22 bits per heavy atom. The number of anilines is 2. The summed E-state index contributed by atoms with van der Waals surface area (Å²) in [4.78, 5) is 28.9. The van der Waals surface area contributed by atoms with Crippen molar-refractivity contribution in [2.24, 2.45) is 0 Å². The molecule has 1 amide bonds. The van der Waals surface area contributed by atoms with Crippen LogP contribution in [-0.2, 0) is 42.9 Å². The molecule has 2 unspecified atom stereocenters. The summed E-state index contributed by atoms with van der Waals surface area (Å²) in [6, 6.07) is 8.83. The molecule has 236 valence electrons. The fourth-order valence-corrected chi connectivity index (χ4v) is 7.51. The molecule has 1 saturated heterocycles. The Labute approximate surface area is 263 Å². The summed E-state index contributed by atoms with van der Waals surface area (Å²) in [5.74, 6) is 0.682. The molecule has 1 aromatic carbocycles. The summed E-state index contributed by atoms with van der Waals surface area (Å²) in [5, 5.41) is 14.8. The van der Waals surface area contributed by atoms with Crippen LogP contribution in [0.25, 0.3) is 0 Å². The van der Waals surface area contributed by atoms with E-state index in [0.717, 1.165) is 85.5 Å². The normalized spacial score (nSPS) is 22.7. The van der Waals surface area contributed by atoms with Gasteiger partial charge in [-0.15, -0.1) is 0 Å². The number of hydrogen-bond acceptors (Lipinski definition) is 10. The van der Waals surface area contributed by atoms with Gasteiger partial charge in [-0.05, 0) is 69.8 Å². The maximum Gasteiger partial charge on any atom is 0.318 e. The molecule has 0 bridgehead atoms. The van der Waals surface area contributed by atoms with Crippen molar-refractivity contribution in [3.63, 3.8) is 0 Å². The van der Waals surface area contributed by atoms with Crippen molar-refractivity contribution in [1.29, 1.82) is 5.26 Å². The van der Waals surface area contributed by atoms with Crippen LogP contribution in [0.15, 0.2) is 18.2 Å². The van der Waals surface area contributed by atoms with E-state index in [1.54, 1.807) is 19.0 Å². The Morgan fingerprint density at radius 2 is 2.09 bits per heavy atom. The maximum atomic E-state index is 12.7. The number of carbonyl (C=O) groups is 1. The largest absolute Gasteiger partial charge is 0.462 e. The molecule has 3 aromatic rings. The summed E-state index contributed by atoms with van der Waals surface area (Å²) in [5.41, 5.74) is 11.9. The quantitative estimate of drug-likeness (QED) is 0.429. The number of amides is 1. The van der Waals surface area contributed by atoms with Crippen LogP contribution in [0, 0.1) is 11.3 Å². The molecular formula is C33H41N9O3. The van der Waals surface area contributed by atoms with E-state index >= 15 is 0 Å². The number of benzene rings is 1. The molecular weight excluding hydrogens is 570 g/mol. The minimum absolute atomic E-state index is 0.113. The Balaban J connectivity index is 1.27. The Hall–Kier alpha value is -4.21. The van der Waals surface area contributed by atoms with Gasteiger partial charge in [0.2, 0.25) is 0 Å². The zero-order valence-electron chi connectivity index (χ0n) is 26.4. The fourth-order valence-electron chi connectivity index (χ4n) is 7.51. The number of carbonyl (C=O) groups excluding carboxylic acids is 1. The number of nitriles is 1. The SMILES string of the molecule is CN(C)C(=O)c1cc2n(n1)CCCN(c1nc(OCC3CCCN3C)nc3c1COC1(CCCc4ccc(N)c(C#N)c41)C3)C2. The van der Waals surface area contributed by atoms with Crippen molar-refractivity contribution < 1.29 is 14.3 Å². The molecule has 0 saturated carbocycles. The van der Waals surface area contributed by atoms with Crippen LogP contribution in [-0.4, -0.2) is 82.3 Å². The molecule has 12 nitrogen and oxygen atoms in total. The molecule has 2 atom stereocenters. The number of nitrogen functional groups attached to an aromatic ring is 1. The van der Waals surface area contributed by atoms with E-state index in [2.05, 4.69) is 28.0 Å². The number of hydrogen-bond donors (Lipinski definition) is 1. The van der Waals surface area contributed by atoms with Gasteiger partial charge in [-0.3, -0.25) is 9.48 Å². The van der Waals surface area contributed by atoms with Crippen LogP contribution in [0.5, 0.6) is 6.01 Å². The molecule has 12 heteroatoms. The second-order valence-corrected chi connectivity index (χ2v) is 13.1. The minimum atomic E-state index is -0.686. The van der Waals surface area contributed by atoms with Crippen molar-refractivity contribution in [1.82, 2.24) is 29.5 Å². The summed E-state index contributed by atoms with van der Waals surface area (Å²) in [6.07, 6.45) is 6.22. The van der Waals surface area contributed by atoms with E-state index < -0.39 is 5.60 Å². The number of aryl methyl sites for hydroxylation is 2. The van der Waals surface area contributed by atoms with E-state index in [4.69, 9.17) is 25.2 Å². The molecule has 2 aromatic heterocycles. The molecule has 1 aliphatic carbocycles. The van der Waals surface area contributed by atoms with Gasteiger partial charge in [0, 0.05) is 56.5 Å². The van der Waals surface area contributed by atoms with Crippen molar-refractivity contribution >= 4 is 17.4 Å². The molecule has 2 N–H and O–H groups in total. The maximum absolute atomic E-state index is 12.7. The number of nitrogens with two attached hydrogens (primary N) is 1. The van der Waals surface area contributed by atoms with Crippen LogP contribution in [0.1, 0.15) is 76.2 Å². The number of likely N-dealkylation sites (tertiary alicyclic amines) is 1. The Morgan fingerprint density at radius 3 is 2.87 bits per heavy atom. The third-order valence-corrected chi connectivity index (χ3v) is 9.93. The lowest BCUT2D eigenvalue weighted by Crippen LogP contribution is -2.41. The van der Waals surface area contributed by atoms with Gasteiger partial charge in [0.05, 0.1) is 30.1 Å². The van der Waals surface area contributed by atoms with Gasteiger partial charge in [0.25, 0.3) is 5.91 Å². The van der Waals surface area contributed by atoms with E-state index in [0.29, 0.717) is 61.7 Å². The minimum Gasteiger partial charge on any atom is -0.462 e. The number of fused-ring (bicyclic) bond motifs is 4. The molecule has 7 rings (SSSR count). The molecule has 0 radical (unpaired) electrons. The average molecular weight is 612 g/mol. The lowest BCUT2D eigenvalue weighted by atomic mass is 9.72. The van der Waals surface area contributed by atoms with Crippen LogP contribution in [0.4, 0.5) is 11.5 Å². The number of likely N-dealkylation sites (N-methyl/N-ethyl adjacent to an activating group) is 1. The van der Waals surface area contributed by atoms with Crippen molar-refractivity contribution in [2.75, 3.05) is 51.5 Å². The summed E-state index contributed by atoms with van der Waals surface area (Å²) < 4.78 is 15.1. The smallest absolute Gasteiger partial charge is 0.318 e. The van der Waals surface area contributed by atoms with Crippen LogP contribution in [0.3, 0.4) is 0 Å². The summed E-state index contributed by atoms with van der Waals surface area (Å²) >= 11 is 0. The first kappa shape index (κ1) is 29.5. The first-order chi connectivity index (χ1) is 21.8. The zero-order chi connectivity index (χ0) is 31.3.